The van der Waals surface area contributed by atoms with Gasteiger partial charge >= 0.3 is 0 Å². The highest BCUT2D eigenvalue weighted by molar-refractivity contribution is 6.30. The van der Waals surface area contributed by atoms with Crippen molar-refractivity contribution < 1.29 is 0 Å². The van der Waals surface area contributed by atoms with Crippen LogP contribution >= 0.6 is 11.6 Å². The number of benzene rings is 2. The molecule has 0 saturated carbocycles. The van der Waals surface area contributed by atoms with Gasteiger partial charge in [0.15, 0.2) is 5.65 Å². The molecule has 0 amide bonds. The molecular formula is C20H18ClN7. The highest BCUT2D eigenvalue weighted by atomic mass is 35.5. The minimum atomic E-state index is 0.650. The van der Waals surface area contributed by atoms with Gasteiger partial charge in [0, 0.05) is 30.4 Å². The van der Waals surface area contributed by atoms with Crippen LogP contribution in [-0.4, -0.2) is 45.5 Å². The van der Waals surface area contributed by atoms with Crippen LogP contribution in [0, 0.1) is 0 Å². The van der Waals surface area contributed by atoms with Gasteiger partial charge in [-0.1, -0.05) is 29.8 Å². The van der Waals surface area contributed by atoms with Crippen LogP contribution in [0.4, 0.5) is 17.2 Å². The van der Waals surface area contributed by atoms with Crippen molar-refractivity contribution in [3.8, 4) is 11.3 Å². The van der Waals surface area contributed by atoms with Crippen molar-refractivity contribution in [2.45, 2.75) is 0 Å². The predicted molar refractivity (Wildman–Crippen MR) is 114 cm³/mol. The zero-order valence-corrected chi connectivity index (χ0v) is 16.1. The van der Waals surface area contributed by atoms with Gasteiger partial charge in [0.2, 0.25) is 0 Å². The van der Waals surface area contributed by atoms with E-state index in [0.717, 1.165) is 28.0 Å². The molecule has 4 aromatic rings. The third-order valence-electron chi connectivity index (χ3n) is 4.02. The third kappa shape index (κ3) is 3.79. The third-order valence-corrected chi connectivity index (χ3v) is 4.26. The lowest BCUT2D eigenvalue weighted by atomic mass is 10.1. The maximum atomic E-state index is 6.09. The second-order valence-electron chi connectivity index (χ2n) is 6.41. The molecule has 0 bridgehead atoms. The topological polar surface area (TPSA) is 82.1 Å². The molecule has 0 unspecified atom stereocenters. The molecule has 2 aromatic heterocycles. The summed E-state index contributed by atoms with van der Waals surface area (Å²) < 4.78 is 0. The first-order valence-electron chi connectivity index (χ1n) is 8.63. The van der Waals surface area contributed by atoms with Crippen LogP contribution in [0.15, 0.2) is 59.9 Å². The Morgan fingerprint density at radius 1 is 1.11 bits per heavy atom. The van der Waals surface area contributed by atoms with E-state index < -0.39 is 0 Å². The average molecular weight is 392 g/mol. The van der Waals surface area contributed by atoms with E-state index in [9.17, 15) is 0 Å². The molecule has 7 nitrogen and oxygen atoms in total. The van der Waals surface area contributed by atoms with Crippen LogP contribution < -0.4 is 5.32 Å². The molecule has 0 fully saturated rings. The highest BCUT2D eigenvalue weighted by Gasteiger charge is 2.15. The maximum absolute atomic E-state index is 6.09. The standard InChI is InChI=1S/C20H18ClN7/c1-28(2)12-24-15-8-6-13(7-9-15)18-17-19(22-11-23-20(17)27-26-18)25-16-5-3-4-14(21)10-16/h3-12H,1-2H3,(H2,22,23,25,26,27)/b24-12+. The molecule has 0 radical (unpaired) electrons. The minimum Gasteiger partial charge on any atom is -0.369 e. The summed E-state index contributed by atoms with van der Waals surface area (Å²) in [4.78, 5) is 15.0. The van der Waals surface area contributed by atoms with Crippen molar-refractivity contribution in [3.63, 3.8) is 0 Å². The van der Waals surface area contributed by atoms with Gasteiger partial charge in [-0.15, -0.1) is 0 Å². The first-order chi connectivity index (χ1) is 13.6. The number of H-pyrrole nitrogens is 1. The Morgan fingerprint density at radius 2 is 1.93 bits per heavy atom. The summed E-state index contributed by atoms with van der Waals surface area (Å²) in [6.45, 7) is 0. The molecule has 0 atom stereocenters. The van der Waals surface area contributed by atoms with E-state index in [1.54, 1.807) is 6.34 Å². The number of aromatic nitrogens is 4. The largest absolute Gasteiger partial charge is 0.369 e. The van der Waals surface area contributed by atoms with E-state index in [0.29, 0.717) is 16.5 Å². The van der Waals surface area contributed by atoms with E-state index in [1.165, 1.54) is 6.33 Å². The van der Waals surface area contributed by atoms with Crippen molar-refractivity contribution in [2.75, 3.05) is 19.4 Å². The molecule has 0 aliphatic carbocycles. The average Bonchev–Trinajstić information content (AvgIpc) is 3.12. The van der Waals surface area contributed by atoms with Gasteiger partial charge in [0.25, 0.3) is 0 Å². The number of halogens is 1. The fraction of sp³-hybridized carbons (Fsp3) is 0.100. The van der Waals surface area contributed by atoms with E-state index in [4.69, 9.17) is 11.6 Å². The summed E-state index contributed by atoms with van der Waals surface area (Å²) in [5.41, 5.74) is 4.07. The van der Waals surface area contributed by atoms with Crippen molar-refractivity contribution in [2.24, 2.45) is 4.99 Å². The Morgan fingerprint density at radius 3 is 2.68 bits per heavy atom. The van der Waals surface area contributed by atoms with Crippen molar-refractivity contribution in [1.82, 2.24) is 25.1 Å². The summed E-state index contributed by atoms with van der Waals surface area (Å²) in [5, 5.41) is 12.2. The lowest BCUT2D eigenvalue weighted by Gasteiger charge is -2.08. The molecule has 4 rings (SSSR count). The first-order valence-corrected chi connectivity index (χ1v) is 9.00. The number of hydrogen-bond donors (Lipinski definition) is 2. The van der Waals surface area contributed by atoms with Crippen LogP contribution in [0.3, 0.4) is 0 Å². The molecule has 140 valence electrons. The van der Waals surface area contributed by atoms with Gasteiger partial charge in [-0.05, 0) is 30.3 Å². The predicted octanol–water partition coefficient (Wildman–Crippen LogP) is 4.64. The van der Waals surface area contributed by atoms with Crippen LogP contribution in [0.2, 0.25) is 5.02 Å². The Kier molecular flexibility index (Phi) is 4.90. The Balaban J connectivity index is 1.72. The fourth-order valence-electron chi connectivity index (χ4n) is 2.75. The lowest BCUT2D eigenvalue weighted by molar-refractivity contribution is 0.643. The van der Waals surface area contributed by atoms with Gasteiger partial charge < -0.3 is 10.2 Å². The summed E-state index contributed by atoms with van der Waals surface area (Å²) in [6.07, 6.45) is 3.26. The second-order valence-corrected chi connectivity index (χ2v) is 6.84. The van der Waals surface area contributed by atoms with Gasteiger partial charge in [0.1, 0.15) is 17.8 Å². The van der Waals surface area contributed by atoms with Crippen molar-refractivity contribution >= 4 is 46.2 Å². The van der Waals surface area contributed by atoms with Gasteiger partial charge in [-0.25, -0.2) is 15.0 Å². The van der Waals surface area contributed by atoms with E-state index in [1.807, 2.05) is 67.5 Å². The Bertz CT molecular complexity index is 1130. The molecule has 2 aromatic carbocycles. The minimum absolute atomic E-state index is 0.650. The number of aliphatic imine (C=N–C) groups is 1. The van der Waals surface area contributed by atoms with Crippen LogP contribution in [0.1, 0.15) is 0 Å². The summed E-state index contributed by atoms with van der Waals surface area (Å²) in [6, 6.07) is 15.3. The SMILES string of the molecule is CN(C)/C=N/c1ccc(-c2n[nH]c3ncnc(Nc4cccc(Cl)c4)c23)cc1. The van der Waals surface area contributed by atoms with Gasteiger partial charge in [-0.2, -0.15) is 5.10 Å². The molecule has 0 aliphatic heterocycles. The molecule has 0 saturated heterocycles. The summed E-state index contributed by atoms with van der Waals surface area (Å²) >= 11 is 6.09. The number of anilines is 2. The molecule has 8 heteroatoms. The van der Waals surface area contributed by atoms with E-state index >= 15 is 0 Å². The molecule has 2 N–H and O–H groups in total. The number of fused-ring (bicyclic) bond motifs is 1. The zero-order chi connectivity index (χ0) is 19.5. The monoisotopic (exact) mass is 391 g/mol. The molecular weight excluding hydrogens is 374 g/mol. The number of nitrogens with one attached hydrogen (secondary N) is 2. The summed E-state index contributed by atoms with van der Waals surface area (Å²) in [7, 11) is 3.87. The highest BCUT2D eigenvalue weighted by Crippen LogP contribution is 2.32. The smallest absolute Gasteiger partial charge is 0.161 e. The number of aromatic amines is 1. The lowest BCUT2D eigenvalue weighted by Crippen LogP contribution is -2.06. The second kappa shape index (κ2) is 7.66. The molecule has 0 aliphatic rings. The summed E-state index contributed by atoms with van der Waals surface area (Å²) in [5.74, 6) is 0.658. The van der Waals surface area contributed by atoms with Gasteiger partial charge in [-0.3, -0.25) is 5.10 Å². The molecule has 28 heavy (non-hydrogen) atoms. The van der Waals surface area contributed by atoms with Crippen LogP contribution in [0.5, 0.6) is 0 Å². The maximum Gasteiger partial charge on any atom is 0.161 e. The normalized spacial score (nSPS) is 11.2. The van der Waals surface area contributed by atoms with Crippen LogP contribution in [-0.2, 0) is 0 Å². The fourth-order valence-corrected chi connectivity index (χ4v) is 2.94. The Labute approximate surface area is 167 Å². The van der Waals surface area contributed by atoms with Crippen LogP contribution in [0.25, 0.3) is 22.3 Å². The van der Waals surface area contributed by atoms with Crippen molar-refractivity contribution in [3.05, 3.63) is 59.9 Å². The zero-order valence-electron chi connectivity index (χ0n) is 15.4. The van der Waals surface area contributed by atoms with Gasteiger partial charge in [0.05, 0.1) is 17.4 Å². The number of nitrogens with zero attached hydrogens (tertiary/aromatic N) is 5. The Hall–Kier alpha value is -3.45. The molecule has 0 spiro atoms. The van der Waals surface area contributed by atoms with E-state index in [2.05, 4.69) is 30.5 Å². The van der Waals surface area contributed by atoms with Crippen molar-refractivity contribution in [1.29, 1.82) is 0 Å². The number of rotatable bonds is 5. The molecule has 2 heterocycles. The quantitative estimate of drug-likeness (QED) is 0.382. The first kappa shape index (κ1) is 17.9. The van der Waals surface area contributed by atoms with E-state index in [-0.39, 0.29) is 0 Å². The number of hydrogen-bond acceptors (Lipinski definition) is 5.